The monoisotopic (exact) mass is 168 g/mol. The van der Waals surface area contributed by atoms with E-state index in [1.165, 1.54) is 51.6 Å². The number of hydrogen-bond donors (Lipinski definition) is 2. The van der Waals surface area contributed by atoms with Crippen molar-refractivity contribution in [1.29, 1.82) is 0 Å². The van der Waals surface area contributed by atoms with Crippen LogP contribution >= 0.6 is 0 Å². The average molecular weight is 168 g/mol. The van der Waals surface area contributed by atoms with Gasteiger partial charge in [0.2, 0.25) is 0 Å². The lowest BCUT2D eigenvalue weighted by atomic mass is 10.0. The van der Waals surface area contributed by atoms with Crippen molar-refractivity contribution in [3.05, 3.63) is 0 Å². The summed E-state index contributed by atoms with van der Waals surface area (Å²) in [6.07, 6.45) is 8.38. The molecule has 0 radical (unpaired) electrons. The van der Waals surface area contributed by atoms with E-state index in [2.05, 4.69) is 10.6 Å². The quantitative estimate of drug-likeness (QED) is 0.663. The Hall–Kier alpha value is -0.0800. The van der Waals surface area contributed by atoms with Crippen LogP contribution in [0.25, 0.3) is 0 Å². The van der Waals surface area contributed by atoms with Crippen molar-refractivity contribution in [3.8, 4) is 0 Å². The second kappa shape index (κ2) is 4.24. The highest BCUT2D eigenvalue weighted by Crippen LogP contribution is 2.16. The van der Waals surface area contributed by atoms with Crippen LogP contribution < -0.4 is 10.6 Å². The summed E-state index contributed by atoms with van der Waals surface area (Å²) in [6.45, 7) is 2.51. The van der Waals surface area contributed by atoms with Gasteiger partial charge >= 0.3 is 0 Å². The maximum Gasteiger partial charge on any atom is 0.00681 e. The highest BCUT2D eigenvalue weighted by Gasteiger charge is 2.18. The fourth-order valence-corrected chi connectivity index (χ4v) is 2.41. The van der Waals surface area contributed by atoms with Crippen molar-refractivity contribution in [3.63, 3.8) is 0 Å². The van der Waals surface area contributed by atoms with Gasteiger partial charge in [0.05, 0.1) is 0 Å². The molecule has 2 heteroatoms. The van der Waals surface area contributed by atoms with Gasteiger partial charge in [-0.15, -0.1) is 0 Å². The van der Waals surface area contributed by atoms with Gasteiger partial charge in [-0.3, -0.25) is 0 Å². The van der Waals surface area contributed by atoms with E-state index in [9.17, 15) is 0 Å². The van der Waals surface area contributed by atoms with Crippen molar-refractivity contribution in [2.45, 2.75) is 50.6 Å². The molecule has 0 aromatic rings. The van der Waals surface area contributed by atoms with Gasteiger partial charge in [-0.1, -0.05) is 0 Å². The Bertz CT molecular complexity index is 108. The van der Waals surface area contributed by atoms with Crippen molar-refractivity contribution in [2.24, 2.45) is 0 Å². The first-order valence-electron chi connectivity index (χ1n) is 5.42. The molecule has 0 amide bonds. The van der Waals surface area contributed by atoms with Gasteiger partial charge in [0, 0.05) is 12.1 Å². The zero-order chi connectivity index (χ0) is 8.23. The minimum absolute atomic E-state index is 0.840. The minimum atomic E-state index is 0.840. The Morgan fingerprint density at radius 3 is 1.67 bits per heavy atom. The number of hydrogen-bond acceptors (Lipinski definition) is 2. The van der Waals surface area contributed by atoms with Crippen LogP contribution in [0.4, 0.5) is 0 Å². The fraction of sp³-hybridized carbons (Fsp3) is 1.00. The van der Waals surface area contributed by atoms with Crippen LogP contribution in [0, 0.1) is 0 Å². The molecule has 2 saturated heterocycles. The van der Waals surface area contributed by atoms with Gasteiger partial charge in [0.15, 0.2) is 0 Å². The van der Waals surface area contributed by atoms with Gasteiger partial charge in [0.1, 0.15) is 0 Å². The molecule has 2 aliphatic rings. The van der Waals surface area contributed by atoms with Crippen LogP contribution in [-0.4, -0.2) is 25.2 Å². The van der Waals surface area contributed by atoms with Crippen molar-refractivity contribution in [2.75, 3.05) is 13.1 Å². The summed E-state index contributed by atoms with van der Waals surface area (Å²) in [5.74, 6) is 0. The molecule has 2 rings (SSSR count). The first-order valence-corrected chi connectivity index (χ1v) is 5.42. The van der Waals surface area contributed by atoms with Gasteiger partial charge < -0.3 is 10.6 Å². The summed E-state index contributed by atoms with van der Waals surface area (Å²) in [4.78, 5) is 0. The van der Waals surface area contributed by atoms with E-state index < -0.39 is 0 Å². The Kier molecular flexibility index (Phi) is 3.01. The summed E-state index contributed by atoms with van der Waals surface area (Å²) >= 11 is 0. The molecule has 0 aromatic heterocycles. The Morgan fingerprint density at radius 2 is 1.33 bits per heavy atom. The Balaban J connectivity index is 1.60. The molecular weight excluding hydrogens is 148 g/mol. The van der Waals surface area contributed by atoms with Crippen molar-refractivity contribution in [1.82, 2.24) is 10.6 Å². The van der Waals surface area contributed by atoms with E-state index in [0.29, 0.717) is 0 Å². The molecule has 0 aromatic carbocycles. The summed E-state index contributed by atoms with van der Waals surface area (Å²) in [5, 5.41) is 7.11. The minimum Gasteiger partial charge on any atom is -0.314 e. The van der Waals surface area contributed by atoms with E-state index in [1.54, 1.807) is 0 Å². The van der Waals surface area contributed by atoms with E-state index in [-0.39, 0.29) is 0 Å². The third-order valence-electron chi connectivity index (χ3n) is 3.19. The van der Waals surface area contributed by atoms with Gasteiger partial charge in [-0.25, -0.2) is 0 Å². The highest BCUT2D eigenvalue weighted by atomic mass is 15.0. The third-order valence-corrected chi connectivity index (χ3v) is 3.19. The lowest BCUT2D eigenvalue weighted by molar-refractivity contribution is 0.467. The summed E-state index contributed by atoms with van der Waals surface area (Å²) in [7, 11) is 0. The smallest absolute Gasteiger partial charge is 0.00681 e. The predicted molar refractivity (Wildman–Crippen MR) is 51.3 cm³/mol. The molecule has 0 unspecified atom stereocenters. The predicted octanol–water partition coefficient (Wildman–Crippen LogP) is 1.27. The molecule has 2 fully saturated rings. The fourth-order valence-electron chi connectivity index (χ4n) is 2.41. The van der Waals surface area contributed by atoms with Crippen LogP contribution in [0.1, 0.15) is 38.5 Å². The van der Waals surface area contributed by atoms with E-state index in [4.69, 9.17) is 0 Å². The maximum atomic E-state index is 3.55. The van der Waals surface area contributed by atoms with Gasteiger partial charge in [-0.05, 0) is 51.6 Å². The lowest BCUT2D eigenvalue weighted by Crippen LogP contribution is -2.26. The molecule has 12 heavy (non-hydrogen) atoms. The molecule has 2 N–H and O–H groups in total. The number of nitrogens with one attached hydrogen (secondary N) is 2. The van der Waals surface area contributed by atoms with Crippen LogP contribution in [-0.2, 0) is 0 Å². The second-order valence-electron chi connectivity index (χ2n) is 4.16. The van der Waals surface area contributed by atoms with Crippen LogP contribution in [0.2, 0.25) is 0 Å². The second-order valence-corrected chi connectivity index (χ2v) is 4.16. The largest absolute Gasteiger partial charge is 0.314 e. The van der Waals surface area contributed by atoms with Crippen LogP contribution in [0.15, 0.2) is 0 Å². The lowest BCUT2D eigenvalue weighted by Gasteiger charge is -2.13. The third kappa shape index (κ3) is 2.20. The first-order chi connectivity index (χ1) is 5.95. The van der Waals surface area contributed by atoms with E-state index in [1.807, 2.05) is 0 Å². The molecule has 70 valence electrons. The Labute approximate surface area is 75.1 Å². The zero-order valence-corrected chi connectivity index (χ0v) is 7.81. The van der Waals surface area contributed by atoms with Crippen LogP contribution in [0.3, 0.4) is 0 Å². The summed E-state index contributed by atoms with van der Waals surface area (Å²) < 4.78 is 0. The molecular formula is C10H20N2. The topological polar surface area (TPSA) is 24.1 Å². The number of rotatable bonds is 3. The highest BCUT2D eigenvalue weighted by molar-refractivity contribution is 4.79. The molecule has 0 aliphatic carbocycles. The molecule has 2 atom stereocenters. The molecule has 0 spiro atoms. The van der Waals surface area contributed by atoms with Crippen LogP contribution in [0.5, 0.6) is 0 Å². The SMILES string of the molecule is C1CN[C@@H](CC[C@H]2CCCN2)C1. The zero-order valence-electron chi connectivity index (χ0n) is 7.81. The van der Waals surface area contributed by atoms with E-state index >= 15 is 0 Å². The molecule has 2 aliphatic heterocycles. The Morgan fingerprint density at radius 1 is 0.833 bits per heavy atom. The molecule has 2 heterocycles. The normalized spacial score (nSPS) is 36.0. The van der Waals surface area contributed by atoms with Crippen molar-refractivity contribution < 1.29 is 0 Å². The summed E-state index contributed by atoms with van der Waals surface area (Å²) in [5.41, 5.74) is 0. The average Bonchev–Trinajstić information content (AvgIpc) is 2.74. The molecule has 0 saturated carbocycles. The first kappa shape index (κ1) is 8.52. The molecule has 2 nitrogen and oxygen atoms in total. The molecule has 0 bridgehead atoms. The standard InChI is InChI=1S/C10H20N2/c1-3-9(11-7-1)5-6-10-4-2-8-12-10/h9-12H,1-8H2/t9-,10-/m1/s1. The van der Waals surface area contributed by atoms with E-state index in [0.717, 1.165) is 12.1 Å². The van der Waals surface area contributed by atoms with Gasteiger partial charge in [-0.2, -0.15) is 0 Å². The van der Waals surface area contributed by atoms with Gasteiger partial charge in [0.25, 0.3) is 0 Å². The maximum absolute atomic E-state index is 3.55. The van der Waals surface area contributed by atoms with Crippen molar-refractivity contribution >= 4 is 0 Å². The summed E-state index contributed by atoms with van der Waals surface area (Å²) in [6, 6.07) is 1.68.